The molecule has 0 aromatic rings. The van der Waals surface area contributed by atoms with Crippen LogP contribution >= 0.6 is 23.9 Å². The molecule has 0 bridgehead atoms. The van der Waals surface area contributed by atoms with Crippen LogP contribution in [0.25, 0.3) is 0 Å². The van der Waals surface area contributed by atoms with Crippen LogP contribution in [0.2, 0.25) is 0 Å². The summed E-state index contributed by atoms with van der Waals surface area (Å²) in [5, 5.41) is 3.14. The van der Waals surface area contributed by atoms with E-state index in [4.69, 9.17) is 5.73 Å². The minimum Gasteiger partial charge on any atom is -0.329 e. The van der Waals surface area contributed by atoms with E-state index in [1.54, 1.807) is 30.8 Å². The molecule has 0 saturated heterocycles. The SMILES string of the molecule is CC(=O)CNCC(C)(C)SNSC(C)(C)CN. The van der Waals surface area contributed by atoms with Crippen LogP contribution in [0.5, 0.6) is 0 Å². The van der Waals surface area contributed by atoms with E-state index in [2.05, 4.69) is 37.1 Å². The number of hydrogen-bond acceptors (Lipinski definition) is 6. The number of hydrogen-bond donors (Lipinski definition) is 3. The molecule has 0 aliphatic rings. The van der Waals surface area contributed by atoms with E-state index in [-0.39, 0.29) is 15.3 Å². The van der Waals surface area contributed by atoms with Gasteiger partial charge < -0.3 is 11.1 Å². The molecule has 0 rings (SSSR count). The Bertz CT molecular complexity index is 245. The molecule has 4 nitrogen and oxygen atoms in total. The van der Waals surface area contributed by atoms with Crippen LogP contribution in [-0.2, 0) is 4.79 Å². The maximum absolute atomic E-state index is 10.8. The Balaban J connectivity index is 3.81. The first-order chi connectivity index (χ1) is 7.68. The van der Waals surface area contributed by atoms with Gasteiger partial charge in [0.2, 0.25) is 0 Å². The highest BCUT2D eigenvalue weighted by molar-refractivity contribution is 8.13. The van der Waals surface area contributed by atoms with Crippen LogP contribution in [0.4, 0.5) is 0 Å². The average molecular weight is 279 g/mol. The molecule has 4 N–H and O–H groups in total. The molecule has 17 heavy (non-hydrogen) atoms. The highest BCUT2D eigenvalue weighted by Gasteiger charge is 2.21. The molecule has 0 spiro atoms. The van der Waals surface area contributed by atoms with Crippen molar-refractivity contribution in [3.05, 3.63) is 0 Å². The fraction of sp³-hybridized carbons (Fsp3) is 0.909. The fourth-order valence-electron chi connectivity index (χ4n) is 0.864. The maximum atomic E-state index is 10.8. The lowest BCUT2D eigenvalue weighted by Gasteiger charge is -2.27. The van der Waals surface area contributed by atoms with Crippen molar-refractivity contribution >= 4 is 29.7 Å². The van der Waals surface area contributed by atoms with Crippen molar-refractivity contribution in [2.24, 2.45) is 5.73 Å². The molecule has 0 saturated carbocycles. The predicted molar refractivity (Wildman–Crippen MR) is 79.1 cm³/mol. The molecular weight excluding hydrogens is 254 g/mol. The lowest BCUT2D eigenvalue weighted by Crippen LogP contribution is -2.37. The minimum absolute atomic E-state index is 0.0348. The zero-order valence-electron chi connectivity index (χ0n) is 11.4. The van der Waals surface area contributed by atoms with E-state index < -0.39 is 0 Å². The summed E-state index contributed by atoms with van der Waals surface area (Å²) in [6, 6.07) is 0. The van der Waals surface area contributed by atoms with Gasteiger partial charge in [-0.25, -0.2) is 4.13 Å². The smallest absolute Gasteiger partial charge is 0.143 e. The summed E-state index contributed by atoms with van der Waals surface area (Å²) in [5.41, 5.74) is 5.65. The van der Waals surface area contributed by atoms with Crippen LogP contribution in [0.15, 0.2) is 0 Å². The van der Waals surface area contributed by atoms with Crippen molar-refractivity contribution in [3.8, 4) is 0 Å². The second-order valence-corrected chi connectivity index (χ2v) is 8.60. The van der Waals surface area contributed by atoms with Gasteiger partial charge in [0.1, 0.15) is 5.78 Å². The van der Waals surface area contributed by atoms with E-state index in [9.17, 15) is 4.79 Å². The third-order valence-electron chi connectivity index (χ3n) is 2.05. The first-order valence-corrected chi connectivity index (χ1v) is 7.33. The van der Waals surface area contributed by atoms with Gasteiger partial charge in [-0.05, 0) is 34.6 Å². The van der Waals surface area contributed by atoms with Gasteiger partial charge >= 0.3 is 0 Å². The standard InChI is InChI=1S/C11H25N3OS2/c1-9(15)6-13-8-11(4,5)17-14-16-10(2,3)7-12/h13-14H,6-8,12H2,1-5H3. The molecule has 0 amide bonds. The molecule has 0 radical (unpaired) electrons. The summed E-state index contributed by atoms with van der Waals surface area (Å²) in [7, 11) is 0. The van der Waals surface area contributed by atoms with Gasteiger partial charge in [-0.15, -0.1) is 0 Å². The summed E-state index contributed by atoms with van der Waals surface area (Å²) in [5.74, 6) is 0.164. The molecule has 0 aromatic heterocycles. The number of carbonyl (C=O) groups is 1. The minimum atomic E-state index is 0.0348. The van der Waals surface area contributed by atoms with E-state index in [0.29, 0.717) is 13.1 Å². The lowest BCUT2D eigenvalue weighted by molar-refractivity contribution is -0.116. The molecule has 102 valence electrons. The number of rotatable bonds is 9. The number of carbonyl (C=O) groups excluding carboxylic acids is 1. The molecule has 6 heteroatoms. The van der Waals surface area contributed by atoms with Crippen molar-refractivity contribution in [2.45, 2.75) is 44.1 Å². The maximum Gasteiger partial charge on any atom is 0.143 e. The summed E-state index contributed by atoms with van der Waals surface area (Å²) in [6.45, 7) is 11.9. The molecule has 0 aromatic carbocycles. The van der Waals surface area contributed by atoms with Crippen molar-refractivity contribution < 1.29 is 4.79 Å². The van der Waals surface area contributed by atoms with Gasteiger partial charge in [-0.1, -0.05) is 23.9 Å². The first kappa shape index (κ1) is 17.2. The van der Waals surface area contributed by atoms with E-state index >= 15 is 0 Å². The van der Waals surface area contributed by atoms with Crippen LogP contribution in [0.1, 0.15) is 34.6 Å². The van der Waals surface area contributed by atoms with Crippen molar-refractivity contribution in [3.63, 3.8) is 0 Å². The highest BCUT2D eigenvalue weighted by Crippen LogP contribution is 2.27. The molecule has 0 fully saturated rings. The zero-order chi connectivity index (χ0) is 13.5. The van der Waals surface area contributed by atoms with E-state index in [0.717, 1.165) is 6.54 Å². The Kier molecular flexibility index (Phi) is 7.75. The number of Topliss-reactive ketones (excluding diaryl/α,β-unsaturated/α-hetero) is 1. The van der Waals surface area contributed by atoms with Crippen LogP contribution in [0.3, 0.4) is 0 Å². The van der Waals surface area contributed by atoms with Crippen LogP contribution in [-0.4, -0.2) is 34.9 Å². The van der Waals surface area contributed by atoms with Crippen LogP contribution in [0, 0.1) is 0 Å². The Hall–Kier alpha value is 0.250. The molecular formula is C11H25N3OS2. The summed E-state index contributed by atoms with van der Waals surface area (Å²) < 4.78 is 3.36. The van der Waals surface area contributed by atoms with Gasteiger partial charge in [0.05, 0.1) is 6.54 Å². The number of nitrogens with two attached hydrogens (primary N) is 1. The van der Waals surface area contributed by atoms with E-state index in [1.165, 1.54) is 0 Å². The quantitative estimate of drug-likeness (QED) is 0.557. The van der Waals surface area contributed by atoms with Gasteiger partial charge in [-0.3, -0.25) is 4.79 Å². The summed E-state index contributed by atoms with van der Waals surface area (Å²) in [4.78, 5) is 10.8. The highest BCUT2D eigenvalue weighted by atomic mass is 32.2. The van der Waals surface area contributed by atoms with Gasteiger partial charge in [0.25, 0.3) is 0 Å². The number of ketones is 1. The second kappa shape index (κ2) is 7.63. The Morgan fingerprint density at radius 3 is 2.18 bits per heavy atom. The Labute approximate surface area is 114 Å². The monoisotopic (exact) mass is 279 g/mol. The second-order valence-electron chi connectivity index (χ2n) is 5.32. The third-order valence-corrected chi connectivity index (χ3v) is 4.14. The van der Waals surface area contributed by atoms with Crippen molar-refractivity contribution in [2.75, 3.05) is 19.6 Å². The summed E-state index contributed by atoms with van der Waals surface area (Å²) in [6.07, 6.45) is 0. The Morgan fingerprint density at radius 1 is 1.18 bits per heavy atom. The van der Waals surface area contributed by atoms with Crippen molar-refractivity contribution in [1.82, 2.24) is 9.44 Å². The average Bonchev–Trinajstić information content (AvgIpc) is 2.16. The van der Waals surface area contributed by atoms with Gasteiger partial charge in [-0.2, -0.15) is 0 Å². The zero-order valence-corrected chi connectivity index (χ0v) is 13.1. The largest absolute Gasteiger partial charge is 0.329 e. The Morgan fingerprint density at radius 2 is 1.71 bits per heavy atom. The third kappa shape index (κ3) is 9.91. The van der Waals surface area contributed by atoms with Gasteiger partial charge in [0, 0.05) is 22.6 Å². The topological polar surface area (TPSA) is 67.2 Å². The number of nitrogens with one attached hydrogen (secondary N) is 2. The van der Waals surface area contributed by atoms with Crippen LogP contribution < -0.4 is 15.2 Å². The molecule has 0 aliphatic heterocycles. The molecule has 0 heterocycles. The predicted octanol–water partition coefficient (Wildman–Crippen LogP) is 1.57. The first-order valence-electron chi connectivity index (χ1n) is 5.70. The molecule has 0 aliphatic carbocycles. The van der Waals surface area contributed by atoms with E-state index in [1.807, 2.05) is 0 Å². The summed E-state index contributed by atoms with van der Waals surface area (Å²) >= 11 is 3.29. The lowest BCUT2D eigenvalue weighted by atomic mass is 10.2. The van der Waals surface area contributed by atoms with Crippen molar-refractivity contribution in [1.29, 1.82) is 0 Å². The van der Waals surface area contributed by atoms with Gasteiger partial charge in [0.15, 0.2) is 0 Å². The molecule has 0 atom stereocenters. The normalized spacial score (nSPS) is 12.8. The molecule has 0 unspecified atom stereocenters. The fourth-order valence-corrected chi connectivity index (χ4v) is 3.09.